The lowest BCUT2D eigenvalue weighted by Crippen LogP contribution is -2.53. The maximum Gasteiger partial charge on any atom is 0.498 e. The third-order valence-corrected chi connectivity index (χ3v) is 4.72. The molecule has 0 saturated carbocycles. The van der Waals surface area contributed by atoms with Crippen LogP contribution in [0, 0.1) is 0 Å². The van der Waals surface area contributed by atoms with Crippen molar-refractivity contribution in [3.8, 4) is 34.5 Å². The molecule has 31 heavy (non-hydrogen) atoms. The highest BCUT2D eigenvalue weighted by atomic mass is 16.3. The zero-order chi connectivity index (χ0) is 22.9. The fraction of sp³-hybridized carbons (Fsp3) is 0.0909. The molecule has 3 aromatic rings. The first-order valence-corrected chi connectivity index (χ1v) is 9.04. The Labute approximate surface area is 176 Å². The quantitative estimate of drug-likeness (QED) is 0.212. The van der Waals surface area contributed by atoms with Crippen molar-refractivity contribution in [2.75, 3.05) is 0 Å². The van der Waals surface area contributed by atoms with Crippen molar-refractivity contribution in [2.45, 2.75) is 0 Å². The molecule has 0 amide bonds. The number of phenols is 6. The number of hydrogen-bond donors (Lipinski definition) is 6. The molecule has 1 heterocycles. The minimum absolute atomic E-state index is 0.149. The molecule has 0 bridgehead atoms. The first-order chi connectivity index (χ1) is 14.6. The molecule has 6 N–H and O–H groups in total. The molecule has 3 rings (SSSR count). The molecule has 0 fully saturated rings. The van der Waals surface area contributed by atoms with E-state index in [0.29, 0.717) is 11.4 Å². The molecular weight excluding hydrogens is 404 g/mol. The van der Waals surface area contributed by atoms with Crippen molar-refractivity contribution in [3.05, 3.63) is 63.3 Å². The first-order valence-electron chi connectivity index (χ1n) is 9.04. The second-order valence-corrected chi connectivity index (χ2v) is 6.87. The van der Waals surface area contributed by atoms with E-state index in [-0.39, 0.29) is 28.3 Å². The predicted octanol–water partition coefficient (Wildman–Crippen LogP) is 1.78. The van der Waals surface area contributed by atoms with Crippen molar-refractivity contribution < 1.29 is 35.2 Å². The van der Waals surface area contributed by atoms with Gasteiger partial charge in [0.05, 0.1) is 14.1 Å². The van der Waals surface area contributed by atoms with Crippen molar-refractivity contribution in [3.63, 3.8) is 0 Å². The van der Waals surface area contributed by atoms with E-state index in [4.69, 9.17) is 0 Å². The smallest absolute Gasteiger partial charge is 0.498 e. The zero-order valence-electron chi connectivity index (χ0n) is 16.7. The normalized spacial score (nSPS) is 11.5. The summed E-state index contributed by atoms with van der Waals surface area (Å²) in [6.45, 7) is 0. The number of nitrogens with zero attached hydrogens (tertiary/aromatic N) is 2. The van der Waals surface area contributed by atoms with Gasteiger partial charge < -0.3 is 30.6 Å². The molecule has 2 aromatic carbocycles. The van der Waals surface area contributed by atoms with Crippen molar-refractivity contribution in [1.82, 2.24) is 4.57 Å². The molecule has 0 atom stereocenters. The third-order valence-electron chi connectivity index (χ3n) is 4.72. The maximum absolute atomic E-state index is 12.6. The molecule has 1 aromatic heterocycles. The van der Waals surface area contributed by atoms with Gasteiger partial charge in [-0.25, -0.2) is 0 Å². The second kappa shape index (κ2) is 8.15. The van der Waals surface area contributed by atoms with E-state index in [1.165, 1.54) is 45.6 Å². The highest BCUT2D eigenvalue weighted by Gasteiger charge is 2.14. The molecule has 0 spiro atoms. The Hall–Kier alpha value is -4.40. The summed E-state index contributed by atoms with van der Waals surface area (Å²) in [4.78, 5) is 12.6. The van der Waals surface area contributed by atoms with E-state index in [1.807, 2.05) is 0 Å². The molecule has 160 valence electrons. The third kappa shape index (κ3) is 4.30. The summed E-state index contributed by atoms with van der Waals surface area (Å²) >= 11 is 0. The number of hydrogen-bond acceptors (Lipinski definition) is 7. The minimum Gasteiger partial charge on any atom is -0.508 e. The lowest BCUT2D eigenvalue weighted by atomic mass is 10.1. The maximum atomic E-state index is 12.6. The van der Waals surface area contributed by atoms with Gasteiger partial charge in [-0.2, -0.15) is 13.9 Å². The number of aromatic hydroxyl groups is 6. The van der Waals surface area contributed by atoms with Gasteiger partial charge in [0.15, 0.2) is 23.0 Å². The van der Waals surface area contributed by atoms with Crippen LogP contribution in [0.2, 0.25) is 0 Å². The molecule has 9 nitrogen and oxygen atoms in total. The van der Waals surface area contributed by atoms with Crippen LogP contribution in [0.25, 0.3) is 24.3 Å². The van der Waals surface area contributed by atoms with Gasteiger partial charge in [0, 0.05) is 29.3 Å². The van der Waals surface area contributed by atoms with Crippen LogP contribution in [-0.2, 0) is 14.1 Å². The topological polar surface area (TPSA) is 147 Å². The average molecular weight is 425 g/mol. The average Bonchev–Trinajstić information content (AvgIpc) is 2.71. The van der Waals surface area contributed by atoms with Gasteiger partial charge in [-0.05, 0) is 36.4 Å². The Bertz CT molecular complexity index is 1200. The van der Waals surface area contributed by atoms with E-state index in [2.05, 4.69) is 0 Å². The first kappa shape index (κ1) is 21.3. The van der Waals surface area contributed by atoms with Crippen LogP contribution >= 0.6 is 0 Å². The van der Waals surface area contributed by atoms with Crippen LogP contribution in [0.4, 0.5) is 0 Å². The number of benzene rings is 2. The standard InChI is InChI=1S/C22H20N2O7/c1-23-14(5-3-12-7-16(25)10-18(27)20(12)29)9-15(24(2)22(23)31)6-4-13-8-17(26)11-19(28)21(13)30/h3-11H,1-2H3,(H5,25,26,27,28,29,30)/p+1. The molecule has 9 heteroatoms. The summed E-state index contributed by atoms with van der Waals surface area (Å²) in [5.74, 6) is -2.27. The van der Waals surface area contributed by atoms with E-state index >= 15 is 0 Å². The van der Waals surface area contributed by atoms with E-state index in [0.717, 1.165) is 12.1 Å². The lowest BCUT2D eigenvalue weighted by Gasteiger charge is -2.05. The van der Waals surface area contributed by atoms with E-state index in [9.17, 15) is 35.4 Å². The van der Waals surface area contributed by atoms with Crippen molar-refractivity contribution >= 4 is 24.3 Å². The Morgan fingerprint density at radius 2 is 1.23 bits per heavy atom. The lowest BCUT2D eigenvalue weighted by molar-refractivity contribution is -0.692. The van der Waals surface area contributed by atoms with Crippen LogP contribution in [0.1, 0.15) is 22.5 Å². The molecule has 0 unspecified atom stereocenters. The number of phenolic OH excluding ortho intramolecular Hbond substituents is 6. The number of rotatable bonds is 4. The van der Waals surface area contributed by atoms with Crippen LogP contribution in [0.3, 0.4) is 0 Å². The SMILES string of the molecule is Cn1c(C=Cc2cc(O)cc(O)c2O)cc(C=Cc2cc(O)cc(O)c2O)[n+](C)c1=O. The van der Waals surface area contributed by atoms with Gasteiger partial charge in [-0.15, -0.1) is 0 Å². The summed E-state index contributed by atoms with van der Waals surface area (Å²) < 4.78 is 2.70. The highest BCUT2D eigenvalue weighted by molar-refractivity contribution is 5.76. The summed E-state index contributed by atoms with van der Waals surface area (Å²) in [6.07, 6.45) is 5.89. The number of aromatic nitrogens is 2. The minimum atomic E-state index is -0.481. The van der Waals surface area contributed by atoms with Gasteiger partial charge in [-0.1, -0.05) is 0 Å². The van der Waals surface area contributed by atoms with Crippen LogP contribution < -0.4 is 10.3 Å². The summed E-state index contributed by atoms with van der Waals surface area (Å²) in [5.41, 5.74) is 0.805. The van der Waals surface area contributed by atoms with Gasteiger partial charge in [0.1, 0.15) is 22.9 Å². The Morgan fingerprint density at radius 3 is 1.74 bits per heavy atom. The highest BCUT2D eigenvalue weighted by Crippen LogP contribution is 2.35. The summed E-state index contributed by atoms with van der Waals surface area (Å²) in [6, 6.07) is 6.16. The van der Waals surface area contributed by atoms with Gasteiger partial charge >= 0.3 is 5.69 Å². The molecule has 0 saturated heterocycles. The summed E-state index contributed by atoms with van der Waals surface area (Å²) in [5, 5.41) is 58.4. The predicted molar refractivity (Wildman–Crippen MR) is 114 cm³/mol. The van der Waals surface area contributed by atoms with Gasteiger partial charge in [0.2, 0.25) is 0 Å². The van der Waals surface area contributed by atoms with Crippen LogP contribution in [-0.4, -0.2) is 35.2 Å². The Kier molecular flexibility index (Phi) is 5.60. The Morgan fingerprint density at radius 1 is 0.742 bits per heavy atom. The Balaban J connectivity index is 2.05. The second-order valence-electron chi connectivity index (χ2n) is 6.87. The van der Waals surface area contributed by atoms with E-state index < -0.39 is 23.0 Å². The van der Waals surface area contributed by atoms with Crippen molar-refractivity contribution in [1.29, 1.82) is 0 Å². The molecule has 0 radical (unpaired) electrons. The fourth-order valence-electron chi connectivity index (χ4n) is 2.97. The fourth-order valence-corrected chi connectivity index (χ4v) is 2.97. The van der Waals surface area contributed by atoms with Crippen molar-refractivity contribution in [2.24, 2.45) is 14.1 Å². The molecule has 0 aliphatic rings. The molecular formula is C22H21N2O7+. The monoisotopic (exact) mass is 425 g/mol. The van der Waals surface area contributed by atoms with E-state index in [1.54, 1.807) is 20.2 Å². The van der Waals surface area contributed by atoms with Crippen LogP contribution in [0.15, 0.2) is 35.1 Å². The van der Waals surface area contributed by atoms with Crippen LogP contribution in [0.5, 0.6) is 34.5 Å². The zero-order valence-corrected chi connectivity index (χ0v) is 16.7. The molecule has 0 aliphatic carbocycles. The largest absolute Gasteiger partial charge is 0.508 e. The molecule has 0 aliphatic heterocycles. The summed E-state index contributed by atoms with van der Waals surface area (Å²) in [7, 11) is 3.10. The van der Waals surface area contributed by atoms with Gasteiger partial charge in [-0.3, -0.25) is 0 Å². The van der Waals surface area contributed by atoms with Gasteiger partial charge in [0.25, 0.3) is 0 Å².